The Morgan fingerprint density at radius 3 is 2.72 bits per heavy atom. The van der Waals surface area contributed by atoms with Gasteiger partial charge in [0.05, 0.1) is 24.6 Å². The average Bonchev–Trinajstić information content (AvgIpc) is 3.06. The fraction of sp³-hybridized carbons (Fsp3) is 0.333. The standard InChI is InChI=1S/C24H25ClN4O3/c1-3-31-23(30)6-4-5-13-32-19-11-12-21-20(14-19)24(17-7-9-18(25)10-8-17)26-15-22-28-27-16(2)29(21)22/h7-12,14H,3-6,13,15H2,1-2H3. The van der Waals surface area contributed by atoms with Crippen LogP contribution < -0.4 is 4.74 Å². The van der Waals surface area contributed by atoms with Crippen molar-refractivity contribution in [2.75, 3.05) is 13.2 Å². The summed E-state index contributed by atoms with van der Waals surface area (Å²) >= 11 is 6.09. The Morgan fingerprint density at radius 1 is 1.12 bits per heavy atom. The number of hydrogen-bond donors (Lipinski definition) is 0. The number of rotatable bonds is 8. The molecule has 166 valence electrons. The Kier molecular flexibility index (Phi) is 6.85. The molecule has 2 aromatic carbocycles. The molecule has 0 unspecified atom stereocenters. The van der Waals surface area contributed by atoms with Gasteiger partial charge in [0, 0.05) is 22.6 Å². The third kappa shape index (κ3) is 4.83. The Balaban J connectivity index is 1.58. The van der Waals surface area contributed by atoms with Gasteiger partial charge in [-0.1, -0.05) is 23.7 Å². The van der Waals surface area contributed by atoms with Crippen molar-refractivity contribution in [2.24, 2.45) is 4.99 Å². The van der Waals surface area contributed by atoms with Gasteiger partial charge in [0.2, 0.25) is 0 Å². The molecule has 32 heavy (non-hydrogen) atoms. The smallest absolute Gasteiger partial charge is 0.305 e. The molecule has 0 N–H and O–H groups in total. The first-order valence-electron chi connectivity index (χ1n) is 10.7. The summed E-state index contributed by atoms with van der Waals surface area (Å²) in [5.41, 5.74) is 3.73. The van der Waals surface area contributed by atoms with Crippen molar-refractivity contribution in [1.29, 1.82) is 0 Å². The van der Waals surface area contributed by atoms with Gasteiger partial charge in [-0.15, -0.1) is 10.2 Å². The lowest BCUT2D eigenvalue weighted by atomic mass is 10.00. The van der Waals surface area contributed by atoms with Gasteiger partial charge in [-0.3, -0.25) is 14.4 Å². The van der Waals surface area contributed by atoms with Crippen molar-refractivity contribution in [1.82, 2.24) is 14.8 Å². The lowest BCUT2D eigenvalue weighted by Crippen LogP contribution is -2.09. The molecule has 4 rings (SSSR count). The van der Waals surface area contributed by atoms with Gasteiger partial charge >= 0.3 is 5.97 Å². The van der Waals surface area contributed by atoms with Crippen LogP contribution in [0.1, 0.15) is 49.0 Å². The molecule has 0 aliphatic carbocycles. The highest BCUT2D eigenvalue weighted by Gasteiger charge is 2.22. The molecule has 1 aliphatic rings. The summed E-state index contributed by atoms with van der Waals surface area (Å²) < 4.78 is 13.0. The molecule has 8 heteroatoms. The first kappa shape index (κ1) is 22.0. The molecule has 7 nitrogen and oxygen atoms in total. The SMILES string of the molecule is CCOC(=O)CCCCOc1ccc2c(c1)C(c1ccc(Cl)cc1)=NCc1nnc(C)n1-2. The summed E-state index contributed by atoms with van der Waals surface area (Å²) in [6.45, 7) is 5.10. The number of aromatic nitrogens is 3. The number of aliphatic imine (C=N–C) groups is 1. The van der Waals surface area contributed by atoms with E-state index in [0.29, 0.717) is 31.2 Å². The van der Waals surface area contributed by atoms with Crippen molar-refractivity contribution < 1.29 is 14.3 Å². The van der Waals surface area contributed by atoms with E-state index < -0.39 is 0 Å². The second-order valence-electron chi connectivity index (χ2n) is 7.46. The summed E-state index contributed by atoms with van der Waals surface area (Å²) in [5.74, 6) is 2.18. The molecule has 1 aliphatic heterocycles. The average molecular weight is 453 g/mol. The summed E-state index contributed by atoms with van der Waals surface area (Å²) in [6, 6.07) is 13.6. The quantitative estimate of drug-likeness (QED) is 0.366. The second-order valence-corrected chi connectivity index (χ2v) is 7.90. The highest BCUT2D eigenvalue weighted by Crippen LogP contribution is 2.29. The van der Waals surface area contributed by atoms with Crippen LogP contribution in [-0.4, -0.2) is 39.7 Å². The summed E-state index contributed by atoms with van der Waals surface area (Å²) in [4.78, 5) is 16.3. The maximum absolute atomic E-state index is 11.5. The van der Waals surface area contributed by atoms with Crippen molar-refractivity contribution in [2.45, 2.75) is 39.7 Å². The number of ether oxygens (including phenoxy) is 2. The van der Waals surface area contributed by atoms with Gasteiger partial charge in [0.1, 0.15) is 18.1 Å². The zero-order chi connectivity index (χ0) is 22.5. The third-order valence-electron chi connectivity index (χ3n) is 5.20. The van der Waals surface area contributed by atoms with E-state index >= 15 is 0 Å². The minimum absolute atomic E-state index is 0.165. The Labute approximate surface area is 192 Å². The van der Waals surface area contributed by atoms with Crippen LogP contribution in [0.4, 0.5) is 0 Å². The van der Waals surface area contributed by atoms with Crippen molar-refractivity contribution in [3.63, 3.8) is 0 Å². The zero-order valence-corrected chi connectivity index (χ0v) is 18.9. The van der Waals surface area contributed by atoms with Crippen molar-refractivity contribution in [3.05, 3.63) is 70.3 Å². The maximum Gasteiger partial charge on any atom is 0.305 e. The third-order valence-corrected chi connectivity index (χ3v) is 5.45. The summed E-state index contributed by atoms with van der Waals surface area (Å²) in [7, 11) is 0. The van der Waals surface area contributed by atoms with Crippen LogP contribution in [0.3, 0.4) is 0 Å². The predicted molar refractivity (Wildman–Crippen MR) is 123 cm³/mol. The highest BCUT2D eigenvalue weighted by molar-refractivity contribution is 6.30. The van der Waals surface area contributed by atoms with E-state index in [1.54, 1.807) is 0 Å². The number of halogens is 1. The van der Waals surface area contributed by atoms with E-state index in [9.17, 15) is 4.79 Å². The number of benzene rings is 2. The number of esters is 1. The van der Waals surface area contributed by atoms with Gasteiger partial charge < -0.3 is 9.47 Å². The highest BCUT2D eigenvalue weighted by atomic mass is 35.5. The maximum atomic E-state index is 11.5. The fourth-order valence-electron chi connectivity index (χ4n) is 3.70. The van der Waals surface area contributed by atoms with Crippen molar-refractivity contribution >= 4 is 23.3 Å². The minimum atomic E-state index is -0.165. The molecule has 0 spiro atoms. The Hall–Kier alpha value is -3.19. The van der Waals surface area contributed by atoms with Crippen LogP contribution >= 0.6 is 11.6 Å². The fourth-order valence-corrected chi connectivity index (χ4v) is 3.82. The Bertz CT molecular complexity index is 1140. The first-order chi connectivity index (χ1) is 15.6. The summed E-state index contributed by atoms with van der Waals surface area (Å²) in [6.07, 6.45) is 1.90. The monoisotopic (exact) mass is 452 g/mol. The molecule has 0 atom stereocenters. The molecule has 0 amide bonds. The first-order valence-corrected chi connectivity index (χ1v) is 11.1. The molecular weight excluding hydrogens is 428 g/mol. The number of fused-ring (bicyclic) bond motifs is 3. The van der Waals surface area contributed by atoms with Crippen LogP contribution in [0.5, 0.6) is 5.75 Å². The molecule has 1 aromatic heterocycles. The number of nitrogens with zero attached hydrogens (tertiary/aromatic N) is 4. The van der Waals surface area contributed by atoms with E-state index in [2.05, 4.69) is 10.2 Å². The lowest BCUT2D eigenvalue weighted by molar-refractivity contribution is -0.143. The van der Waals surface area contributed by atoms with E-state index in [1.165, 1.54) is 0 Å². The van der Waals surface area contributed by atoms with Gasteiger partial charge in [0.25, 0.3) is 0 Å². The molecule has 0 saturated carbocycles. The second kappa shape index (κ2) is 9.96. The van der Waals surface area contributed by atoms with E-state index in [-0.39, 0.29) is 5.97 Å². The topological polar surface area (TPSA) is 78.6 Å². The van der Waals surface area contributed by atoms with Crippen molar-refractivity contribution in [3.8, 4) is 11.4 Å². The molecular formula is C24H25ClN4O3. The largest absolute Gasteiger partial charge is 0.494 e. The van der Waals surface area contributed by atoms with Crippen LogP contribution in [0, 0.1) is 6.92 Å². The van der Waals surface area contributed by atoms with Crippen LogP contribution in [0.25, 0.3) is 5.69 Å². The molecule has 3 aromatic rings. The van der Waals surface area contributed by atoms with Crippen LogP contribution in [0.2, 0.25) is 5.02 Å². The Morgan fingerprint density at radius 2 is 1.94 bits per heavy atom. The van der Waals surface area contributed by atoms with E-state index in [0.717, 1.165) is 52.8 Å². The summed E-state index contributed by atoms with van der Waals surface area (Å²) in [5, 5.41) is 9.20. The molecule has 2 heterocycles. The van der Waals surface area contributed by atoms with Gasteiger partial charge in [-0.25, -0.2) is 0 Å². The predicted octanol–water partition coefficient (Wildman–Crippen LogP) is 4.69. The zero-order valence-electron chi connectivity index (χ0n) is 18.2. The molecule has 0 radical (unpaired) electrons. The molecule has 0 saturated heterocycles. The van der Waals surface area contributed by atoms with Crippen LogP contribution in [0.15, 0.2) is 47.5 Å². The lowest BCUT2D eigenvalue weighted by Gasteiger charge is -2.15. The number of carbonyl (C=O) groups is 1. The van der Waals surface area contributed by atoms with E-state index in [4.69, 9.17) is 26.1 Å². The van der Waals surface area contributed by atoms with Gasteiger partial charge in [0.15, 0.2) is 5.82 Å². The van der Waals surface area contributed by atoms with Gasteiger partial charge in [-0.2, -0.15) is 0 Å². The minimum Gasteiger partial charge on any atom is -0.494 e. The van der Waals surface area contributed by atoms with Crippen LogP contribution in [-0.2, 0) is 16.1 Å². The number of hydrogen-bond acceptors (Lipinski definition) is 6. The van der Waals surface area contributed by atoms with Gasteiger partial charge in [-0.05, 0) is 57.0 Å². The number of carbonyl (C=O) groups excluding carboxylic acids is 1. The molecule has 0 bridgehead atoms. The van der Waals surface area contributed by atoms with E-state index in [1.807, 2.05) is 60.9 Å². The number of aryl methyl sites for hydroxylation is 1. The number of unbranched alkanes of at least 4 members (excludes halogenated alkanes) is 1. The molecule has 0 fully saturated rings. The normalized spacial score (nSPS) is 12.4.